The van der Waals surface area contributed by atoms with Gasteiger partial charge in [0.1, 0.15) is 0 Å². The summed E-state index contributed by atoms with van der Waals surface area (Å²) in [5.41, 5.74) is 0.620. The van der Waals surface area contributed by atoms with Gasteiger partial charge in [-0.15, -0.1) is 0 Å². The molecule has 0 aliphatic rings. The molecule has 0 unspecified atom stereocenters. The SMILES string of the molecule is CCOc1c(I)cc(C(=O)Nc2cccc([N+](=O)[O-])c2)cc1OC. The van der Waals surface area contributed by atoms with Crippen LogP contribution in [0.3, 0.4) is 0 Å². The van der Waals surface area contributed by atoms with E-state index < -0.39 is 10.8 Å². The maximum absolute atomic E-state index is 12.4. The molecule has 2 rings (SSSR count). The number of carbonyl (C=O) groups excluding carboxylic acids is 1. The molecule has 0 aliphatic carbocycles. The molecule has 24 heavy (non-hydrogen) atoms. The Balaban J connectivity index is 2.28. The third kappa shape index (κ3) is 4.13. The average Bonchev–Trinajstić information content (AvgIpc) is 2.56. The molecule has 0 saturated heterocycles. The molecule has 0 aliphatic heterocycles. The van der Waals surface area contributed by atoms with Crippen molar-refractivity contribution in [2.24, 2.45) is 0 Å². The standard InChI is InChI=1S/C16H15IN2O5/c1-3-24-15-13(17)7-10(8-14(15)23-2)16(20)18-11-5-4-6-12(9-11)19(21)22/h4-9H,3H2,1-2H3,(H,18,20). The second kappa shape index (κ2) is 7.95. The fourth-order valence-corrected chi connectivity index (χ4v) is 2.79. The number of ether oxygens (including phenoxy) is 2. The molecule has 1 amide bonds. The first-order valence-corrected chi connectivity index (χ1v) is 8.10. The molecule has 7 nitrogen and oxygen atoms in total. The topological polar surface area (TPSA) is 90.7 Å². The van der Waals surface area contributed by atoms with Crippen LogP contribution in [0.4, 0.5) is 11.4 Å². The summed E-state index contributed by atoms with van der Waals surface area (Å²) in [5.74, 6) is 0.634. The number of nitro groups is 1. The van der Waals surface area contributed by atoms with Crippen LogP contribution in [0.15, 0.2) is 36.4 Å². The summed E-state index contributed by atoms with van der Waals surface area (Å²) in [7, 11) is 1.50. The van der Waals surface area contributed by atoms with E-state index in [1.54, 1.807) is 18.2 Å². The highest BCUT2D eigenvalue weighted by molar-refractivity contribution is 14.1. The minimum atomic E-state index is -0.515. The maximum Gasteiger partial charge on any atom is 0.271 e. The third-order valence-electron chi connectivity index (χ3n) is 3.10. The van der Waals surface area contributed by atoms with Crippen LogP contribution in [0.25, 0.3) is 0 Å². The van der Waals surface area contributed by atoms with E-state index in [1.807, 2.05) is 6.92 Å². The molecule has 126 valence electrons. The summed E-state index contributed by atoms with van der Waals surface area (Å²) in [6.07, 6.45) is 0. The van der Waals surface area contributed by atoms with Gasteiger partial charge in [0, 0.05) is 23.4 Å². The Bertz CT molecular complexity index is 779. The zero-order chi connectivity index (χ0) is 17.7. The summed E-state index contributed by atoms with van der Waals surface area (Å²) < 4.78 is 11.5. The number of anilines is 1. The number of nitrogens with zero attached hydrogens (tertiary/aromatic N) is 1. The van der Waals surface area contributed by atoms with Gasteiger partial charge >= 0.3 is 0 Å². The lowest BCUT2D eigenvalue weighted by Crippen LogP contribution is -2.13. The van der Waals surface area contributed by atoms with E-state index in [1.165, 1.54) is 25.3 Å². The van der Waals surface area contributed by atoms with Crippen molar-refractivity contribution in [1.82, 2.24) is 0 Å². The molecule has 0 saturated carbocycles. The van der Waals surface area contributed by atoms with E-state index >= 15 is 0 Å². The number of nitro benzene ring substituents is 1. The Morgan fingerprint density at radius 2 is 2.08 bits per heavy atom. The first kappa shape index (κ1) is 18.0. The van der Waals surface area contributed by atoms with Crippen molar-refractivity contribution in [2.45, 2.75) is 6.92 Å². The molecule has 0 radical (unpaired) electrons. The van der Waals surface area contributed by atoms with Gasteiger partial charge in [-0.2, -0.15) is 0 Å². The molecule has 8 heteroatoms. The van der Waals surface area contributed by atoms with E-state index in [0.29, 0.717) is 29.4 Å². The van der Waals surface area contributed by atoms with Gasteiger partial charge in [0.25, 0.3) is 11.6 Å². The predicted octanol–water partition coefficient (Wildman–Crippen LogP) is 3.86. The molecule has 2 aromatic rings. The molecular formula is C16H15IN2O5. The van der Waals surface area contributed by atoms with Crippen LogP contribution in [0, 0.1) is 13.7 Å². The normalized spacial score (nSPS) is 10.1. The number of carbonyl (C=O) groups is 1. The monoisotopic (exact) mass is 442 g/mol. The summed E-state index contributed by atoms with van der Waals surface area (Å²) >= 11 is 2.06. The fourth-order valence-electron chi connectivity index (χ4n) is 2.04. The molecule has 2 aromatic carbocycles. The Labute approximate surface area is 152 Å². The largest absolute Gasteiger partial charge is 0.493 e. The number of nitrogens with one attached hydrogen (secondary N) is 1. The molecule has 0 atom stereocenters. The van der Waals surface area contributed by atoms with Gasteiger partial charge in [0.05, 0.1) is 22.2 Å². The molecule has 0 aromatic heterocycles. The lowest BCUT2D eigenvalue weighted by molar-refractivity contribution is -0.384. The van der Waals surface area contributed by atoms with E-state index in [4.69, 9.17) is 9.47 Å². The minimum absolute atomic E-state index is 0.0911. The van der Waals surface area contributed by atoms with Crippen LogP contribution >= 0.6 is 22.6 Å². The maximum atomic E-state index is 12.4. The van der Waals surface area contributed by atoms with E-state index in [2.05, 4.69) is 27.9 Å². The lowest BCUT2D eigenvalue weighted by atomic mass is 10.1. The zero-order valence-electron chi connectivity index (χ0n) is 13.0. The smallest absolute Gasteiger partial charge is 0.271 e. The molecule has 0 fully saturated rings. The summed E-state index contributed by atoms with van der Waals surface area (Å²) in [6, 6.07) is 8.99. The lowest BCUT2D eigenvalue weighted by Gasteiger charge is -2.13. The number of methoxy groups -OCH3 is 1. The minimum Gasteiger partial charge on any atom is -0.493 e. The van der Waals surface area contributed by atoms with Crippen LogP contribution in [-0.2, 0) is 0 Å². The first-order valence-electron chi connectivity index (χ1n) is 7.02. The molecular weight excluding hydrogens is 427 g/mol. The number of hydrogen-bond donors (Lipinski definition) is 1. The van der Waals surface area contributed by atoms with Crippen LogP contribution in [-0.4, -0.2) is 24.5 Å². The summed E-state index contributed by atoms with van der Waals surface area (Å²) in [6.45, 7) is 2.34. The molecule has 0 heterocycles. The first-order chi connectivity index (χ1) is 11.5. The number of rotatable bonds is 6. The number of amides is 1. The van der Waals surface area contributed by atoms with E-state index in [-0.39, 0.29) is 5.69 Å². The van der Waals surface area contributed by atoms with Crippen molar-refractivity contribution in [3.63, 3.8) is 0 Å². The highest BCUT2D eigenvalue weighted by Gasteiger charge is 2.16. The van der Waals surface area contributed by atoms with Gasteiger partial charge in [-0.05, 0) is 47.7 Å². The van der Waals surface area contributed by atoms with Crippen molar-refractivity contribution < 1.29 is 19.2 Å². The second-order valence-electron chi connectivity index (χ2n) is 4.68. The molecule has 1 N–H and O–H groups in total. The van der Waals surface area contributed by atoms with Crippen molar-refractivity contribution in [2.75, 3.05) is 19.0 Å². The van der Waals surface area contributed by atoms with Gasteiger partial charge in [0.2, 0.25) is 0 Å². The number of benzene rings is 2. The van der Waals surface area contributed by atoms with Gasteiger partial charge in [-0.25, -0.2) is 0 Å². The van der Waals surface area contributed by atoms with Crippen molar-refractivity contribution in [3.8, 4) is 11.5 Å². The van der Waals surface area contributed by atoms with Gasteiger partial charge in [0.15, 0.2) is 11.5 Å². The molecule has 0 bridgehead atoms. The zero-order valence-corrected chi connectivity index (χ0v) is 15.2. The van der Waals surface area contributed by atoms with Crippen molar-refractivity contribution in [3.05, 3.63) is 55.6 Å². The number of non-ortho nitro benzene ring substituents is 1. The Morgan fingerprint density at radius 1 is 1.33 bits per heavy atom. The van der Waals surface area contributed by atoms with Crippen LogP contribution < -0.4 is 14.8 Å². The Kier molecular flexibility index (Phi) is 5.96. The third-order valence-corrected chi connectivity index (χ3v) is 3.90. The Morgan fingerprint density at radius 3 is 2.71 bits per heavy atom. The fraction of sp³-hybridized carbons (Fsp3) is 0.188. The van der Waals surface area contributed by atoms with Crippen LogP contribution in [0.5, 0.6) is 11.5 Å². The second-order valence-corrected chi connectivity index (χ2v) is 5.85. The van der Waals surface area contributed by atoms with E-state index in [9.17, 15) is 14.9 Å². The van der Waals surface area contributed by atoms with Crippen LogP contribution in [0.1, 0.15) is 17.3 Å². The Hall–Kier alpha value is -2.36. The van der Waals surface area contributed by atoms with Crippen LogP contribution in [0.2, 0.25) is 0 Å². The summed E-state index contributed by atoms with van der Waals surface area (Å²) in [4.78, 5) is 22.7. The highest BCUT2D eigenvalue weighted by atomic mass is 127. The number of hydrogen-bond acceptors (Lipinski definition) is 5. The van der Waals surface area contributed by atoms with Gasteiger partial charge < -0.3 is 14.8 Å². The number of halogens is 1. The average molecular weight is 442 g/mol. The highest BCUT2D eigenvalue weighted by Crippen LogP contribution is 2.34. The molecule has 0 spiro atoms. The van der Waals surface area contributed by atoms with Gasteiger partial charge in [-0.1, -0.05) is 6.07 Å². The van der Waals surface area contributed by atoms with E-state index in [0.717, 1.165) is 3.57 Å². The quantitative estimate of drug-likeness (QED) is 0.417. The summed E-state index contributed by atoms with van der Waals surface area (Å²) in [5, 5.41) is 13.4. The predicted molar refractivity (Wildman–Crippen MR) is 97.9 cm³/mol. The van der Waals surface area contributed by atoms with Crippen molar-refractivity contribution in [1.29, 1.82) is 0 Å². The van der Waals surface area contributed by atoms with Gasteiger partial charge in [-0.3, -0.25) is 14.9 Å². The van der Waals surface area contributed by atoms with Crippen molar-refractivity contribution >= 4 is 39.9 Å².